The zero-order valence-electron chi connectivity index (χ0n) is 15.8. The topological polar surface area (TPSA) is 49.4 Å². The van der Waals surface area contributed by atoms with Crippen LogP contribution in [0.15, 0.2) is 60.0 Å². The van der Waals surface area contributed by atoms with Gasteiger partial charge in [0.1, 0.15) is 0 Å². The standard InChI is InChI=1S/C23H22N2O2S/c1-16-5-2-3-7-20(16)23(27)25-11-10-18-9-8-17(13-21(18)25)15-24-22(26)14-19-6-4-12-28-19/h2-9,12-13H,10-11,14-15H2,1H3,(H,24,26). The van der Waals surface area contributed by atoms with Crippen LogP contribution in [-0.2, 0) is 24.2 Å². The summed E-state index contributed by atoms with van der Waals surface area (Å²) in [5.74, 6) is 0.0477. The van der Waals surface area contributed by atoms with Gasteiger partial charge in [-0.2, -0.15) is 0 Å². The summed E-state index contributed by atoms with van der Waals surface area (Å²) in [5, 5.41) is 4.95. The van der Waals surface area contributed by atoms with Crippen molar-refractivity contribution >= 4 is 28.8 Å². The molecule has 0 bridgehead atoms. The lowest BCUT2D eigenvalue weighted by Gasteiger charge is -2.19. The van der Waals surface area contributed by atoms with Gasteiger partial charge >= 0.3 is 0 Å². The highest BCUT2D eigenvalue weighted by molar-refractivity contribution is 7.10. The van der Waals surface area contributed by atoms with Gasteiger partial charge in [-0.25, -0.2) is 0 Å². The lowest BCUT2D eigenvalue weighted by atomic mass is 10.1. The Morgan fingerprint density at radius 3 is 2.75 bits per heavy atom. The maximum absolute atomic E-state index is 13.0. The summed E-state index contributed by atoms with van der Waals surface area (Å²) in [6.45, 7) is 3.12. The minimum atomic E-state index is 0.00999. The molecule has 4 nitrogen and oxygen atoms in total. The average molecular weight is 391 g/mol. The number of fused-ring (bicyclic) bond motifs is 1. The number of nitrogens with zero attached hydrogens (tertiary/aromatic N) is 1. The molecule has 1 aromatic heterocycles. The fraction of sp³-hybridized carbons (Fsp3) is 0.217. The van der Waals surface area contributed by atoms with Gasteiger partial charge in [-0.3, -0.25) is 9.59 Å². The highest BCUT2D eigenvalue weighted by Gasteiger charge is 2.26. The third-order valence-corrected chi connectivity index (χ3v) is 5.95. The molecular formula is C23H22N2O2S. The van der Waals surface area contributed by atoms with Crippen molar-refractivity contribution in [1.29, 1.82) is 0 Å². The van der Waals surface area contributed by atoms with E-state index in [9.17, 15) is 9.59 Å². The summed E-state index contributed by atoms with van der Waals surface area (Å²) >= 11 is 1.59. The maximum atomic E-state index is 13.0. The van der Waals surface area contributed by atoms with E-state index in [0.717, 1.165) is 33.7 Å². The minimum absolute atomic E-state index is 0.00999. The normalized spacial score (nSPS) is 12.7. The van der Waals surface area contributed by atoms with Gasteiger partial charge in [0.2, 0.25) is 5.91 Å². The van der Waals surface area contributed by atoms with E-state index in [4.69, 9.17) is 0 Å². The molecule has 142 valence electrons. The molecule has 1 aliphatic heterocycles. The Balaban J connectivity index is 1.47. The molecule has 0 saturated carbocycles. The number of thiophene rings is 1. The third kappa shape index (κ3) is 3.85. The molecule has 5 heteroatoms. The molecule has 1 aliphatic rings. The van der Waals surface area contributed by atoms with Gasteiger partial charge in [0.25, 0.3) is 5.91 Å². The van der Waals surface area contributed by atoms with E-state index in [2.05, 4.69) is 11.4 Å². The Morgan fingerprint density at radius 2 is 1.96 bits per heavy atom. The Hall–Kier alpha value is -2.92. The number of hydrogen-bond donors (Lipinski definition) is 1. The van der Waals surface area contributed by atoms with Crippen molar-refractivity contribution in [3.05, 3.63) is 87.1 Å². The van der Waals surface area contributed by atoms with Crippen LogP contribution in [0.1, 0.15) is 31.9 Å². The Bertz CT molecular complexity index is 1010. The first-order valence-electron chi connectivity index (χ1n) is 9.40. The second-order valence-electron chi connectivity index (χ2n) is 7.02. The summed E-state index contributed by atoms with van der Waals surface area (Å²) < 4.78 is 0. The molecule has 28 heavy (non-hydrogen) atoms. The molecule has 3 aromatic rings. The number of hydrogen-bond acceptors (Lipinski definition) is 3. The summed E-state index contributed by atoms with van der Waals surface area (Å²) in [6, 6.07) is 17.7. The molecule has 0 unspecified atom stereocenters. The van der Waals surface area contributed by atoms with E-state index in [-0.39, 0.29) is 11.8 Å². The summed E-state index contributed by atoms with van der Waals surface area (Å²) in [6.07, 6.45) is 1.26. The van der Waals surface area contributed by atoms with Crippen molar-refractivity contribution < 1.29 is 9.59 Å². The van der Waals surface area contributed by atoms with E-state index in [1.54, 1.807) is 11.3 Å². The number of carbonyl (C=O) groups is 2. The Kier molecular flexibility index (Phi) is 5.26. The van der Waals surface area contributed by atoms with Gasteiger partial charge in [-0.05, 0) is 53.6 Å². The molecule has 0 aliphatic carbocycles. The Morgan fingerprint density at radius 1 is 1.11 bits per heavy atom. The van der Waals surface area contributed by atoms with Gasteiger partial charge in [0, 0.05) is 29.2 Å². The van der Waals surface area contributed by atoms with Gasteiger partial charge in [0.15, 0.2) is 0 Å². The summed E-state index contributed by atoms with van der Waals surface area (Å²) in [4.78, 5) is 28.1. The van der Waals surface area contributed by atoms with E-state index in [0.29, 0.717) is 19.5 Å². The number of amides is 2. The average Bonchev–Trinajstić information content (AvgIpc) is 3.35. The fourth-order valence-corrected chi connectivity index (χ4v) is 4.24. The zero-order valence-corrected chi connectivity index (χ0v) is 16.6. The molecule has 2 heterocycles. The Labute approximate surface area is 168 Å². The van der Waals surface area contributed by atoms with Crippen LogP contribution in [0.3, 0.4) is 0 Å². The number of carbonyl (C=O) groups excluding carboxylic acids is 2. The van der Waals surface area contributed by atoms with Crippen LogP contribution in [0.25, 0.3) is 0 Å². The third-order valence-electron chi connectivity index (χ3n) is 5.07. The van der Waals surface area contributed by atoms with Crippen molar-refractivity contribution in [3.63, 3.8) is 0 Å². The first kappa shape index (κ1) is 18.4. The predicted molar refractivity (Wildman–Crippen MR) is 113 cm³/mol. The van der Waals surface area contributed by atoms with Crippen LogP contribution in [-0.4, -0.2) is 18.4 Å². The van der Waals surface area contributed by atoms with E-state index >= 15 is 0 Å². The van der Waals surface area contributed by atoms with E-state index in [1.807, 2.05) is 65.7 Å². The lowest BCUT2D eigenvalue weighted by Crippen LogP contribution is -2.29. The molecule has 1 N–H and O–H groups in total. The van der Waals surface area contributed by atoms with Crippen LogP contribution in [0.4, 0.5) is 5.69 Å². The lowest BCUT2D eigenvalue weighted by molar-refractivity contribution is -0.120. The van der Waals surface area contributed by atoms with Crippen LogP contribution >= 0.6 is 11.3 Å². The molecular weight excluding hydrogens is 368 g/mol. The van der Waals surface area contributed by atoms with Crippen molar-refractivity contribution in [2.75, 3.05) is 11.4 Å². The molecule has 0 spiro atoms. The van der Waals surface area contributed by atoms with Crippen molar-refractivity contribution in [1.82, 2.24) is 5.32 Å². The van der Waals surface area contributed by atoms with Crippen LogP contribution in [0.5, 0.6) is 0 Å². The van der Waals surface area contributed by atoms with E-state index < -0.39 is 0 Å². The SMILES string of the molecule is Cc1ccccc1C(=O)N1CCc2ccc(CNC(=O)Cc3cccs3)cc21. The quantitative estimate of drug-likeness (QED) is 0.712. The van der Waals surface area contributed by atoms with Crippen LogP contribution in [0.2, 0.25) is 0 Å². The fourth-order valence-electron chi connectivity index (χ4n) is 3.54. The largest absolute Gasteiger partial charge is 0.352 e. The molecule has 2 amide bonds. The molecule has 0 fully saturated rings. The monoisotopic (exact) mass is 390 g/mol. The first-order chi connectivity index (χ1) is 13.6. The maximum Gasteiger partial charge on any atom is 0.258 e. The minimum Gasteiger partial charge on any atom is -0.352 e. The summed E-state index contributed by atoms with van der Waals surface area (Å²) in [5.41, 5.74) is 4.86. The van der Waals surface area contributed by atoms with Crippen LogP contribution in [0, 0.1) is 6.92 Å². The van der Waals surface area contributed by atoms with Crippen molar-refractivity contribution in [2.45, 2.75) is 26.3 Å². The highest BCUT2D eigenvalue weighted by Crippen LogP contribution is 2.31. The first-order valence-corrected chi connectivity index (χ1v) is 10.3. The number of aryl methyl sites for hydroxylation is 1. The molecule has 0 atom stereocenters. The van der Waals surface area contributed by atoms with Gasteiger partial charge in [0.05, 0.1) is 6.42 Å². The van der Waals surface area contributed by atoms with Crippen LogP contribution < -0.4 is 10.2 Å². The van der Waals surface area contributed by atoms with Crippen molar-refractivity contribution in [3.8, 4) is 0 Å². The number of rotatable bonds is 5. The number of anilines is 1. The second kappa shape index (κ2) is 7.98. The second-order valence-corrected chi connectivity index (χ2v) is 8.05. The van der Waals surface area contributed by atoms with Gasteiger partial charge in [-0.1, -0.05) is 36.4 Å². The van der Waals surface area contributed by atoms with Gasteiger partial charge in [-0.15, -0.1) is 11.3 Å². The van der Waals surface area contributed by atoms with Gasteiger partial charge < -0.3 is 10.2 Å². The molecule has 2 aromatic carbocycles. The number of benzene rings is 2. The highest BCUT2D eigenvalue weighted by atomic mass is 32.1. The summed E-state index contributed by atoms with van der Waals surface area (Å²) in [7, 11) is 0. The number of nitrogens with one attached hydrogen (secondary N) is 1. The van der Waals surface area contributed by atoms with Crippen molar-refractivity contribution in [2.24, 2.45) is 0 Å². The smallest absolute Gasteiger partial charge is 0.258 e. The molecule has 0 saturated heterocycles. The predicted octanol–water partition coefficient (Wildman–Crippen LogP) is 4.12. The zero-order chi connectivity index (χ0) is 19.5. The van der Waals surface area contributed by atoms with E-state index in [1.165, 1.54) is 5.56 Å². The molecule has 0 radical (unpaired) electrons. The molecule has 4 rings (SSSR count).